The van der Waals surface area contributed by atoms with Crippen molar-refractivity contribution in [2.75, 3.05) is 0 Å². The highest BCUT2D eigenvalue weighted by Crippen LogP contribution is 2.39. The zero-order valence-corrected chi connectivity index (χ0v) is 32.4. The summed E-state index contributed by atoms with van der Waals surface area (Å²) in [7, 11) is 0. The molecule has 1 fully saturated rings. The van der Waals surface area contributed by atoms with Crippen molar-refractivity contribution >= 4 is 87.6 Å². The molecular formula is C33H30Br4O10. The summed E-state index contributed by atoms with van der Waals surface area (Å²) in [4.78, 5) is 53.8. The quantitative estimate of drug-likeness (QED) is 0.168. The summed E-state index contributed by atoms with van der Waals surface area (Å²) in [5.41, 5.74) is -1.29. The van der Waals surface area contributed by atoms with Gasteiger partial charge in [0, 0.05) is 14.5 Å². The maximum atomic E-state index is 13.8. The maximum Gasteiger partial charge on any atom is 0.344 e. The van der Waals surface area contributed by atoms with E-state index in [2.05, 4.69) is 63.7 Å². The van der Waals surface area contributed by atoms with Crippen LogP contribution in [-0.4, -0.2) is 47.3 Å². The van der Waals surface area contributed by atoms with Crippen molar-refractivity contribution in [1.29, 1.82) is 0 Å². The second-order valence-electron chi connectivity index (χ2n) is 12.2. The molecule has 250 valence electrons. The number of carbonyl (C=O) groups is 4. The minimum absolute atomic E-state index is 0.0621. The topological polar surface area (TPSA) is 124 Å². The van der Waals surface area contributed by atoms with Gasteiger partial charge >= 0.3 is 23.9 Å². The van der Waals surface area contributed by atoms with Crippen molar-refractivity contribution in [3.05, 3.63) is 89.2 Å². The summed E-state index contributed by atoms with van der Waals surface area (Å²) in [6, 6.07) is 14.7. The van der Waals surface area contributed by atoms with Crippen molar-refractivity contribution in [1.82, 2.24) is 0 Å². The Morgan fingerprint density at radius 1 is 0.617 bits per heavy atom. The largest absolute Gasteiger partial charge is 0.456 e. The second-order valence-corrected chi connectivity index (χ2v) is 15.8. The van der Waals surface area contributed by atoms with Gasteiger partial charge in [0.2, 0.25) is 0 Å². The van der Waals surface area contributed by atoms with Crippen LogP contribution in [0.5, 0.6) is 11.5 Å². The van der Waals surface area contributed by atoms with Crippen LogP contribution in [0.4, 0.5) is 0 Å². The lowest BCUT2D eigenvalue weighted by Gasteiger charge is -2.22. The predicted molar refractivity (Wildman–Crippen MR) is 184 cm³/mol. The second kappa shape index (κ2) is 14.9. The number of rotatable bonds is 7. The molecule has 14 heteroatoms. The zero-order chi connectivity index (χ0) is 34.8. The third kappa shape index (κ3) is 9.73. The lowest BCUT2D eigenvalue weighted by atomic mass is 10.1. The molecule has 10 nitrogen and oxygen atoms in total. The molecule has 4 rings (SSSR count). The van der Waals surface area contributed by atoms with E-state index in [-0.39, 0.29) is 31.6 Å². The summed E-state index contributed by atoms with van der Waals surface area (Å²) in [6.07, 6.45) is -4.48. The monoisotopic (exact) mass is 902 g/mol. The number of hydrogen-bond acceptors (Lipinski definition) is 10. The Bertz CT molecular complexity index is 1590. The Kier molecular flexibility index (Phi) is 11.8. The summed E-state index contributed by atoms with van der Waals surface area (Å²) in [5.74, 6) is -3.93. The van der Waals surface area contributed by atoms with E-state index in [1.807, 2.05) is 0 Å². The minimum atomic E-state index is -1.66. The fourth-order valence-corrected chi connectivity index (χ4v) is 6.79. The number of esters is 4. The first-order valence-electron chi connectivity index (χ1n) is 14.1. The molecule has 0 bridgehead atoms. The highest BCUT2D eigenvalue weighted by molar-refractivity contribution is 9.11. The van der Waals surface area contributed by atoms with Gasteiger partial charge in [-0.3, -0.25) is 0 Å². The number of benzene rings is 3. The van der Waals surface area contributed by atoms with E-state index >= 15 is 0 Å². The summed E-state index contributed by atoms with van der Waals surface area (Å²) >= 11 is 13.4. The molecule has 0 spiro atoms. The van der Waals surface area contributed by atoms with Gasteiger partial charge in [-0.1, -0.05) is 62.2 Å². The van der Waals surface area contributed by atoms with Crippen LogP contribution in [0, 0.1) is 0 Å². The normalized spacial score (nSPS) is 16.8. The summed E-state index contributed by atoms with van der Waals surface area (Å²) in [5, 5.41) is 0. The van der Waals surface area contributed by atoms with Crippen LogP contribution >= 0.6 is 63.7 Å². The molecule has 1 heterocycles. The number of hydrogen-bond donors (Lipinski definition) is 0. The van der Waals surface area contributed by atoms with Crippen LogP contribution in [0.2, 0.25) is 0 Å². The van der Waals surface area contributed by atoms with Gasteiger partial charge in [-0.2, -0.15) is 0 Å². The van der Waals surface area contributed by atoms with Crippen molar-refractivity contribution < 1.29 is 47.6 Å². The van der Waals surface area contributed by atoms with Crippen LogP contribution in [0.3, 0.4) is 0 Å². The standard InChI is InChI=1S/C33H30Br4O10/c1-32(2,3)46-27(38)19-12-17(34)14-21(36)23(19)42-29(40)25-26(45-31(44-25)16-10-8-7-9-11-16)30(41)43-24-20(13-18(35)15-22(24)37)28(39)47-33(4,5)6/h7-15,25-26,31H,1-6H3/t25-,26-/m1/s1. The van der Waals surface area contributed by atoms with Crippen LogP contribution in [0.1, 0.15) is 74.1 Å². The fraction of sp³-hybridized carbons (Fsp3) is 0.333. The molecule has 0 saturated carbocycles. The first kappa shape index (κ1) is 37.2. The Labute approximate surface area is 305 Å². The van der Waals surface area contributed by atoms with Crippen molar-refractivity contribution in [2.45, 2.75) is 71.2 Å². The number of carbonyl (C=O) groups excluding carboxylic acids is 4. The van der Waals surface area contributed by atoms with Gasteiger partial charge in [0.15, 0.2) is 30.0 Å². The molecule has 0 N–H and O–H groups in total. The van der Waals surface area contributed by atoms with Gasteiger partial charge in [-0.05, 0) is 97.7 Å². The molecule has 1 aliphatic heterocycles. The van der Waals surface area contributed by atoms with Crippen molar-refractivity contribution in [3.8, 4) is 11.5 Å². The smallest absolute Gasteiger partial charge is 0.344 e. The molecule has 0 radical (unpaired) electrons. The van der Waals surface area contributed by atoms with Crippen LogP contribution in [0.25, 0.3) is 0 Å². The Morgan fingerprint density at radius 3 is 1.36 bits per heavy atom. The Balaban J connectivity index is 1.69. The van der Waals surface area contributed by atoms with E-state index in [4.69, 9.17) is 28.4 Å². The van der Waals surface area contributed by atoms with Gasteiger partial charge in [0.1, 0.15) is 22.3 Å². The number of ether oxygens (including phenoxy) is 6. The zero-order valence-electron chi connectivity index (χ0n) is 26.0. The SMILES string of the molecule is CC(C)(C)OC(=O)c1cc(Br)cc(Br)c1OC(=O)[C@@H]1OC(c2ccccc2)O[C@H]1C(=O)Oc1c(Br)cc(Br)cc1C(=O)OC(C)(C)C. The van der Waals surface area contributed by atoms with E-state index in [0.717, 1.165) is 0 Å². The van der Waals surface area contributed by atoms with Crippen LogP contribution in [-0.2, 0) is 28.5 Å². The lowest BCUT2D eigenvalue weighted by molar-refractivity contribution is -0.153. The first-order valence-corrected chi connectivity index (χ1v) is 17.2. The van der Waals surface area contributed by atoms with E-state index in [1.54, 1.807) is 84.0 Å². The average molecular weight is 906 g/mol. The maximum absolute atomic E-state index is 13.8. The van der Waals surface area contributed by atoms with E-state index in [9.17, 15) is 19.2 Å². The molecule has 3 aromatic carbocycles. The average Bonchev–Trinajstić information content (AvgIpc) is 3.40. The molecule has 0 aromatic heterocycles. The van der Waals surface area contributed by atoms with Crippen LogP contribution < -0.4 is 9.47 Å². The first-order chi connectivity index (χ1) is 21.8. The predicted octanol–water partition coefficient (Wildman–Crippen LogP) is 8.64. The molecule has 0 aliphatic carbocycles. The van der Waals surface area contributed by atoms with E-state index in [0.29, 0.717) is 14.5 Å². The third-order valence-corrected chi connectivity index (χ3v) is 8.11. The Morgan fingerprint density at radius 2 is 1.00 bits per heavy atom. The molecule has 3 aromatic rings. The molecule has 0 amide bonds. The lowest BCUT2D eigenvalue weighted by Crippen LogP contribution is -2.42. The molecule has 47 heavy (non-hydrogen) atoms. The molecule has 1 saturated heterocycles. The van der Waals surface area contributed by atoms with E-state index < -0.39 is 53.6 Å². The molecule has 2 atom stereocenters. The van der Waals surface area contributed by atoms with Gasteiger partial charge in [0.25, 0.3) is 0 Å². The fourth-order valence-electron chi connectivity index (χ4n) is 4.18. The van der Waals surface area contributed by atoms with E-state index in [1.165, 1.54) is 12.1 Å². The highest BCUT2D eigenvalue weighted by atomic mass is 79.9. The Hall–Kier alpha value is -2.62. The third-order valence-electron chi connectivity index (χ3n) is 6.01. The number of halogens is 4. The summed E-state index contributed by atoms with van der Waals surface area (Å²) < 4.78 is 35.9. The van der Waals surface area contributed by atoms with Crippen molar-refractivity contribution in [3.63, 3.8) is 0 Å². The van der Waals surface area contributed by atoms with Crippen molar-refractivity contribution in [2.24, 2.45) is 0 Å². The summed E-state index contributed by atoms with van der Waals surface area (Å²) in [6.45, 7) is 10.2. The van der Waals surface area contributed by atoms with Gasteiger partial charge in [-0.25, -0.2) is 19.2 Å². The molecule has 0 unspecified atom stereocenters. The van der Waals surface area contributed by atoms with Gasteiger partial charge < -0.3 is 28.4 Å². The van der Waals surface area contributed by atoms with Crippen LogP contribution in [0.15, 0.2) is 72.5 Å². The molecule has 1 aliphatic rings. The molecular weight excluding hydrogens is 876 g/mol. The van der Waals surface area contributed by atoms with Gasteiger partial charge in [-0.15, -0.1) is 0 Å². The highest BCUT2D eigenvalue weighted by Gasteiger charge is 2.49. The van der Waals surface area contributed by atoms with Gasteiger partial charge in [0.05, 0.1) is 8.95 Å². The minimum Gasteiger partial charge on any atom is -0.456 e.